The quantitative estimate of drug-likeness (QED) is 0.0605. The van der Waals surface area contributed by atoms with E-state index >= 15 is 0 Å². The van der Waals surface area contributed by atoms with Gasteiger partial charge in [0.05, 0.1) is 6.10 Å². The summed E-state index contributed by atoms with van der Waals surface area (Å²) in [6.45, 7) is 12.0. The van der Waals surface area contributed by atoms with E-state index < -0.39 is 56.9 Å². The van der Waals surface area contributed by atoms with Gasteiger partial charge in [-0.1, -0.05) is 83.7 Å². The predicted octanol–water partition coefficient (Wildman–Crippen LogP) is 9.90. The lowest BCUT2D eigenvalue weighted by molar-refractivity contribution is -0.0556. The first-order valence-electron chi connectivity index (χ1n) is 20.2. The molecule has 8 atom stereocenters. The number of aromatic hydroxyl groups is 1. The Balaban J connectivity index is 1.10. The average Bonchev–Trinajstić information content (AvgIpc) is 3.47. The fourth-order valence-electron chi connectivity index (χ4n) is 12.5. The van der Waals surface area contributed by atoms with Crippen LogP contribution in [0.3, 0.4) is 0 Å². The summed E-state index contributed by atoms with van der Waals surface area (Å²) in [6, 6.07) is 7.07. The van der Waals surface area contributed by atoms with Gasteiger partial charge in [-0.15, -0.1) is 0 Å². The molecular formula is C43H54O10S3. The summed E-state index contributed by atoms with van der Waals surface area (Å²) in [5.41, 5.74) is 1.52. The van der Waals surface area contributed by atoms with E-state index in [9.17, 15) is 39.5 Å². The van der Waals surface area contributed by atoms with Gasteiger partial charge in [-0.25, -0.2) is 0 Å². The third kappa shape index (κ3) is 6.38. The lowest BCUT2D eigenvalue weighted by Gasteiger charge is -2.58. The van der Waals surface area contributed by atoms with E-state index in [2.05, 4.69) is 40.7 Å². The van der Waals surface area contributed by atoms with Crippen LogP contribution >= 0.6 is 0 Å². The first-order valence-corrected chi connectivity index (χ1v) is 24.5. The van der Waals surface area contributed by atoms with Gasteiger partial charge in [0.15, 0.2) is 0 Å². The van der Waals surface area contributed by atoms with Crippen molar-refractivity contribution < 1.29 is 43.6 Å². The first kappa shape index (κ1) is 40.0. The van der Waals surface area contributed by atoms with Crippen molar-refractivity contribution in [2.45, 2.75) is 126 Å². The summed E-state index contributed by atoms with van der Waals surface area (Å²) < 4.78 is 105. The van der Waals surface area contributed by atoms with Crippen LogP contribution < -0.4 is 0 Å². The van der Waals surface area contributed by atoms with Gasteiger partial charge in [0, 0.05) is 38.4 Å². The summed E-state index contributed by atoms with van der Waals surface area (Å²) in [5.74, 6) is 3.51. The highest BCUT2D eigenvalue weighted by Crippen LogP contribution is 2.67. The van der Waals surface area contributed by atoms with E-state index in [1.165, 1.54) is 74.8 Å². The number of allylic oxidation sites excluding steroid dienone is 1. The highest BCUT2D eigenvalue weighted by Gasteiger charge is 2.59. The van der Waals surface area contributed by atoms with Gasteiger partial charge in [-0.3, -0.25) is 13.3 Å². The Kier molecular flexibility index (Phi) is 9.73. The van der Waals surface area contributed by atoms with Gasteiger partial charge in [0.2, 0.25) is 0 Å². The second kappa shape index (κ2) is 13.6. The highest BCUT2D eigenvalue weighted by atomic mass is 32.2. The molecule has 0 aromatic heterocycles. The van der Waals surface area contributed by atoms with Gasteiger partial charge in [0.25, 0.3) is 30.4 Å². The third-order valence-electron chi connectivity index (χ3n) is 15.1. The molecule has 0 bridgehead atoms. The molecule has 0 radical (unpaired) electrons. The zero-order valence-electron chi connectivity index (χ0n) is 32.8. The van der Waals surface area contributed by atoms with Crippen LogP contribution in [0.5, 0.6) is 5.75 Å². The fourth-order valence-corrected chi connectivity index (χ4v) is 15.3. The summed E-state index contributed by atoms with van der Waals surface area (Å²) >= 11 is 0. The van der Waals surface area contributed by atoms with E-state index in [4.69, 9.17) is 4.18 Å². The van der Waals surface area contributed by atoms with Crippen LogP contribution in [-0.2, 0) is 34.5 Å². The molecule has 4 aliphatic carbocycles. The van der Waals surface area contributed by atoms with Crippen LogP contribution in [-0.4, -0.2) is 45.6 Å². The molecule has 0 heterocycles. The topological polar surface area (TPSA) is 172 Å². The van der Waals surface area contributed by atoms with Crippen LogP contribution in [0.2, 0.25) is 0 Å². The highest BCUT2D eigenvalue weighted by molar-refractivity contribution is 7.87. The molecule has 4 aromatic carbocycles. The fraction of sp³-hybridized carbons (Fsp3) is 0.581. The molecule has 0 spiro atoms. The van der Waals surface area contributed by atoms with E-state index in [0.717, 1.165) is 42.7 Å². The van der Waals surface area contributed by atoms with Gasteiger partial charge in [-0.2, -0.15) is 25.3 Å². The molecule has 1 unspecified atom stereocenters. The van der Waals surface area contributed by atoms with Crippen molar-refractivity contribution in [1.29, 1.82) is 0 Å². The standard InChI is InChI=1S/C43H54O10S3/c1-24(2)7-6-8-25(3)33-15-16-34-28-10-9-26-21-27(17-19-42(26,4)35(28)18-20-43(33,34)5)53-56(51,52)39-23-38(55(48,49)50)31-14-13-30-37(54(45,46)47)22-36(44)29-11-12-32(39)41(31)40(29)30/h9,11-14,22-25,27-28,33-35,44H,6-8,10,15-21H2,1-5H3,(H,45,46,47)(H,48,49,50)/t25-,27?,28+,33-,34+,35+,42+,43-/m1/s1. The Morgan fingerprint density at radius 3 is 2.00 bits per heavy atom. The van der Waals surface area contributed by atoms with E-state index in [-0.39, 0.29) is 37.7 Å². The summed E-state index contributed by atoms with van der Waals surface area (Å²) in [5, 5.41) is 10.8. The molecule has 3 saturated carbocycles. The smallest absolute Gasteiger partial charge is 0.297 e. The maximum atomic E-state index is 14.3. The molecule has 4 aliphatic rings. The number of hydrogen-bond acceptors (Lipinski definition) is 8. The van der Waals surface area contributed by atoms with E-state index in [1.54, 1.807) is 0 Å². The second-order valence-electron chi connectivity index (χ2n) is 18.5. The van der Waals surface area contributed by atoms with Crippen molar-refractivity contribution in [3.8, 4) is 5.75 Å². The Morgan fingerprint density at radius 2 is 1.36 bits per heavy atom. The second-order valence-corrected chi connectivity index (χ2v) is 22.8. The predicted molar refractivity (Wildman–Crippen MR) is 217 cm³/mol. The largest absolute Gasteiger partial charge is 0.507 e. The number of hydrogen-bond donors (Lipinski definition) is 3. The first-order chi connectivity index (χ1) is 26.1. The molecule has 0 aliphatic heterocycles. The Bertz CT molecular complexity index is 2600. The third-order valence-corrected chi connectivity index (χ3v) is 18.3. The minimum atomic E-state index is -5.01. The molecule has 304 valence electrons. The molecular weight excluding hydrogens is 773 g/mol. The normalized spacial score (nSPS) is 30.4. The summed E-state index contributed by atoms with van der Waals surface area (Å²) in [6.07, 6.45) is 13.2. The molecule has 3 N–H and O–H groups in total. The zero-order chi connectivity index (χ0) is 40.3. The van der Waals surface area contributed by atoms with Crippen molar-refractivity contribution in [1.82, 2.24) is 0 Å². The van der Waals surface area contributed by atoms with Crippen LogP contribution in [0.25, 0.3) is 32.3 Å². The van der Waals surface area contributed by atoms with Crippen molar-refractivity contribution in [2.75, 3.05) is 0 Å². The lowest BCUT2D eigenvalue weighted by Crippen LogP contribution is -2.51. The number of phenols is 1. The van der Waals surface area contributed by atoms with E-state index in [1.807, 2.05) is 0 Å². The Morgan fingerprint density at radius 1 is 0.750 bits per heavy atom. The zero-order valence-corrected chi connectivity index (χ0v) is 35.2. The molecule has 3 fully saturated rings. The minimum absolute atomic E-state index is 0.0150. The van der Waals surface area contributed by atoms with Gasteiger partial charge < -0.3 is 5.11 Å². The number of rotatable bonds is 10. The van der Waals surface area contributed by atoms with Gasteiger partial charge >= 0.3 is 0 Å². The van der Waals surface area contributed by atoms with Crippen molar-refractivity contribution in [3.05, 3.63) is 48.0 Å². The Labute approximate surface area is 331 Å². The summed E-state index contributed by atoms with van der Waals surface area (Å²) in [7, 11) is -14.6. The van der Waals surface area contributed by atoms with Gasteiger partial charge in [0.1, 0.15) is 20.4 Å². The van der Waals surface area contributed by atoms with Crippen molar-refractivity contribution in [3.63, 3.8) is 0 Å². The Hall–Kier alpha value is -2.81. The monoisotopic (exact) mass is 826 g/mol. The average molecular weight is 827 g/mol. The van der Waals surface area contributed by atoms with Crippen LogP contribution in [0.15, 0.2) is 62.7 Å². The maximum Gasteiger partial charge on any atom is 0.297 e. The van der Waals surface area contributed by atoms with Crippen molar-refractivity contribution in [2.24, 2.45) is 46.3 Å². The molecule has 10 nitrogen and oxygen atoms in total. The van der Waals surface area contributed by atoms with Gasteiger partial charge in [-0.05, 0) is 110 Å². The molecule has 4 aromatic rings. The molecule has 8 rings (SSSR count). The maximum absolute atomic E-state index is 14.3. The molecule has 56 heavy (non-hydrogen) atoms. The summed E-state index contributed by atoms with van der Waals surface area (Å²) in [4.78, 5) is -1.85. The van der Waals surface area contributed by atoms with Crippen molar-refractivity contribution >= 4 is 62.7 Å². The molecule has 13 heteroatoms. The number of benzene rings is 4. The lowest BCUT2D eigenvalue weighted by atomic mass is 9.47. The van der Waals surface area contributed by atoms with Crippen LogP contribution in [0.1, 0.15) is 105 Å². The van der Waals surface area contributed by atoms with Crippen LogP contribution in [0, 0.1) is 46.3 Å². The molecule has 0 amide bonds. The number of phenolic OH excluding ortho intramolecular Hbond substituents is 1. The molecule has 0 saturated heterocycles. The van der Waals surface area contributed by atoms with Crippen LogP contribution in [0.4, 0.5) is 0 Å². The number of fused-ring (bicyclic) bond motifs is 5. The SMILES string of the molecule is CC(C)CCC[C@@H](C)[C@H]1CC[C@H]2[C@@H]3CC=C4CC(OS(=O)(=O)c5cc(S(=O)(=O)O)c6ccc7c(S(=O)(=O)O)cc(O)c8ccc5c6c87)CC[C@]4(C)[C@H]3CC[C@]12C. The minimum Gasteiger partial charge on any atom is -0.507 e. The van der Waals surface area contributed by atoms with E-state index in [0.29, 0.717) is 36.0 Å².